The number of benzene rings is 3. The van der Waals surface area contributed by atoms with E-state index in [0.717, 1.165) is 38.3 Å². The summed E-state index contributed by atoms with van der Waals surface area (Å²) in [6.07, 6.45) is 1.22. The Balaban J connectivity index is 2.04. The van der Waals surface area contributed by atoms with Crippen molar-refractivity contribution in [1.82, 2.24) is 10.2 Å². The molecule has 0 fully saturated rings. The smallest absolute Gasteiger partial charge is 0.244 e. The fourth-order valence-corrected chi connectivity index (χ4v) is 5.33. The lowest BCUT2D eigenvalue weighted by Crippen LogP contribution is -2.53. The average molecular weight is 619 g/mol. The lowest BCUT2D eigenvalue weighted by atomic mass is 10.0. The van der Waals surface area contributed by atoms with E-state index in [-0.39, 0.29) is 30.5 Å². The molecule has 3 aromatic rings. The second-order valence-electron chi connectivity index (χ2n) is 9.74. The van der Waals surface area contributed by atoms with Crippen LogP contribution in [0.3, 0.4) is 0 Å². The van der Waals surface area contributed by atoms with Crippen LogP contribution in [0.25, 0.3) is 0 Å². The molecule has 7 nitrogen and oxygen atoms in total. The molecule has 0 bridgehead atoms. The van der Waals surface area contributed by atoms with Crippen molar-refractivity contribution in [2.75, 3.05) is 23.7 Å². The van der Waals surface area contributed by atoms with Gasteiger partial charge in [0.15, 0.2) is 0 Å². The van der Waals surface area contributed by atoms with E-state index < -0.39 is 34.3 Å². The van der Waals surface area contributed by atoms with Crippen molar-refractivity contribution in [1.29, 1.82) is 0 Å². The van der Waals surface area contributed by atoms with Gasteiger partial charge in [-0.05, 0) is 53.4 Å². The van der Waals surface area contributed by atoms with Gasteiger partial charge in [0, 0.05) is 24.0 Å². The predicted molar refractivity (Wildman–Crippen MR) is 155 cm³/mol. The van der Waals surface area contributed by atoms with Gasteiger partial charge in [-0.3, -0.25) is 13.9 Å². The highest BCUT2D eigenvalue weighted by Gasteiger charge is 2.33. The van der Waals surface area contributed by atoms with E-state index >= 15 is 0 Å². The number of hydrogen-bond acceptors (Lipinski definition) is 4. The molecular weight excluding hydrogens is 585 g/mol. The SMILES string of the molecule is CC(C)CNC(=O)[C@@H](Cc1ccccc1)N(Cc1cccc(Br)c1)C(=O)CN(c1ccc(F)cc1)S(C)(=O)=O. The molecule has 39 heavy (non-hydrogen) atoms. The van der Waals surface area contributed by atoms with Gasteiger partial charge in [-0.25, -0.2) is 12.8 Å². The first kappa shape index (κ1) is 30.3. The molecule has 0 aliphatic carbocycles. The number of rotatable bonds is 12. The summed E-state index contributed by atoms with van der Waals surface area (Å²) < 4.78 is 40.7. The highest BCUT2D eigenvalue weighted by molar-refractivity contribution is 9.10. The number of halogens is 2. The van der Waals surface area contributed by atoms with Crippen molar-refractivity contribution in [3.63, 3.8) is 0 Å². The average Bonchev–Trinajstić information content (AvgIpc) is 2.88. The van der Waals surface area contributed by atoms with E-state index in [0.29, 0.717) is 6.54 Å². The standard InChI is InChI=1S/C29H33BrFN3O4S/c1-21(2)18-32-29(36)27(17-22-8-5-4-6-9-22)33(19-23-10-7-11-24(30)16-23)28(35)20-34(39(3,37)38)26-14-12-25(31)13-15-26/h4-16,21,27H,17-20H2,1-3H3,(H,32,36)/t27-/m1/s1. The highest BCUT2D eigenvalue weighted by Crippen LogP contribution is 2.21. The van der Waals surface area contributed by atoms with Crippen LogP contribution in [0.2, 0.25) is 0 Å². The summed E-state index contributed by atoms with van der Waals surface area (Å²) in [5.41, 5.74) is 1.77. The zero-order chi connectivity index (χ0) is 28.6. The molecule has 0 aliphatic heterocycles. The maximum absolute atomic E-state index is 14.0. The van der Waals surface area contributed by atoms with Crippen LogP contribution >= 0.6 is 15.9 Å². The number of nitrogens with one attached hydrogen (secondary N) is 1. The maximum Gasteiger partial charge on any atom is 0.244 e. The lowest BCUT2D eigenvalue weighted by Gasteiger charge is -2.33. The van der Waals surface area contributed by atoms with Gasteiger partial charge >= 0.3 is 0 Å². The maximum atomic E-state index is 14.0. The van der Waals surface area contributed by atoms with E-state index in [1.807, 2.05) is 68.4 Å². The van der Waals surface area contributed by atoms with Crippen LogP contribution in [0.5, 0.6) is 0 Å². The van der Waals surface area contributed by atoms with Gasteiger partial charge in [-0.1, -0.05) is 72.2 Å². The van der Waals surface area contributed by atoms with Crippen LogP contribution in [0.4, 0.5) is 10.1 Å². The minimum absolute atomic E-state index is 0.0753. The Hall–Kier alpha value is -3.24. The zero-order valence-electron chi connectivity index (χ0n) is 22.2. The van der Waals surface area contributed by atoms with Crippen LogP contribution in [0, 0.1) is 11.7 Å². The number of carbonyl (C=O) groups is 2. The monoisotopic (exact) mass is 617 g/mol. The Bertz CT molecular complexity index is 1370. The molecule has 2 amide bonds. The Morgan fingerprint density at radius 3 is 2.18 bits per heavy atom. The molecule has 1 atom stereocenters. The molecule has 0 unspecified atom stereocenters. The quantitative estimate of drug-likeness (QED) is 0.317. The molecule has 0 saturated heterocycles. The third-order valence-corrected chi connectivity index (χ3v) is 7.63. The number of nitrogens with zero attached hydrogens (tertiary/aromatic N) is 2. The highest BCUT2D eigenvalue weighted by atomic mass is 79.9. The number of amides is 2. The van der Waals surface area contributed by atoms with Gasteiger partial charge in [-0.15, -0.1) is 0 Å². The third-order valence-electron chi connectivity index (χ3n) is 5.99. The van der Waals surface area contributed by atoms with Gasteiger partial charge in [0.1, 0.15) is 18.4 Å². The number of sulfonamides is 1. The molecule has 0 radical (unpaired) electrons. The van der Waals surface area contributed by atoms with Gasteiger partial charge < -0.3 is 10.2 Å². The van der Waals surface area contributed by atoms with Crippen molar-refractivity contribution in [2.24, 2.45) is 5.92 Å². The zero-order valence-corrected chi connectivity index (χ0v) is 24.6. The third kappa shape index (κ3) is 9.18. The van der Waals surface area contributed by atoms with Crippen molar-refractivity contribution in [2.45, 2.75) is 32.9 Å². The van der Waals surface area contributed by atoms with Crippen LogP contribution in [0.1, 0.15) is 25.0 Å². The predicted octanol–water partition coefficient (Wildman–Crippen LogP) is 4.77. The Morgan fingerprint density at radius 2 is 1.59 bits per heavy atom. The minimum atomic E-state index is -3.91. The second kappa shape index (κ2) is 13.7. The van der Waals surface area contributed by atoms with Gasteiger partial charge in [0.05, 0.1) is 11.9 Å². The van der Waals surface area contributed by atoms with Crippen LogP contribution in [-0.4, -0.2) is 50.5 Å². The molecule has 3 rings (SSSR count). The van der Waals surface area contributed by atoms with E-state index in [9.17, 15) is 22.4 Å². The van der Waals surface area contributed by atoms with Crippen LogP contribution in [-0.2, 0) is 32.6 Å². The number of carbonyl (C=O) groups excluding carboxylic acids is 2. The lowest BCUT2D eigenvalue weighted by molar-refractivity contribution is -0.140. The molecule has 0 heterocycles. The van der Waals surface area contributed by atoms with Crippen LogP contribution in [0.15, 0.2) is 83.3 Å². The molecule has 0 aromatic heterocycles. The summed E-state index contributed by atoms with van der Waals surface area (Å²) in [5, 5.41) is 2.94. The molecule has 0 saturated carbocycles. The Morgan fingerprint density at radius 1 is 0.949 bits per heavy atom. The molecule has 10 heteroatoms. The van der Waals surface area contributed by atoms with Crippen molar-refractivity contribution in [3.05, 3.63) is 100 Å². The molecule has 0 aliphatic rings. The largest absolute Gasteiger partial charge is 0.354 e. The Labute approximate surface area is 238 Å². The van der Waals surface area contributed by atoms with Crippen LogP contribution < -0.4 is 9.62 Å². The fraction of sp³-hybridized carbons (Fsp3) is 0.310. The summed E-state index contributed by atoms with van der Waals surface area (Å²) in [6, 6.07) is 20.7. The summed E-state index contributed by atoms with van der Waals surface area (Å²) >= 11 is 3.45. The summed E-state index contributed by atoms with van der Waals surface area (Å²) in [5.74, 6) is -1.23. The van der Waals surface area contributed by atoms with E-state index in [1.54, 1.807) is 0 Å². The first-order valence-corrected chi connectivity index (χ1v) is 15.2. The summed E-state index contributed by atoms with van der Waals surface area (Å²) in [7, 11) is -3.91. The van der Waals surface area contributed by atoms with E-state index in [1.165, 1.54) is 17.0 Å². The van der Waals surface area contributed by atoms with E-state index in [4.69, 9.17) is 0 Å². The first-order chi connectivity index (χ1) is 18.4. The van der Waals surface area contributed by atoms with Crippen molar-refractivity contribution >= 4 is 43.5 Å². The Kier molecular flexibility index (Phi) is 10.7. The topological polar surface area (TPSA) is 86.8 Å². The molecule has 3 aromatic carbocycles. The molecule has 208 valence electrons. The fourth-order valence-electron chi connectivity index (χ4n) is 4.03. The molecule has 1 N–H and O–H groups in total. The second-order valence-corrected chi connectivity index (χ2v) is 12.6. The molecular formula is C29H33BrFN3O4S. The molecule has 0 spiro atoms. The van der Waals surface area contributed by atoms with Gasteiger partial charge in [0.2, 0.25) is 21.8 Å². The number of hydrogen-bond donors (Lipinski definition) is 1. The first-order valence-electron chi connectivity index (χ1n) is 12.5. The van der Waals surface area contributed by atoms with Gasteiger partial charge in [0.25, 0.3) is 0 Å². The van der Waals surface area contributed by atoms with Gasteiger partial charge in [-0.2, -0.15) is 0 Å². The van der Waals surface area contributed by atoms with E-state index in [2.05, 4.69) is 21.2 Å². The normalized spacial score (nSPS) is 12.2. The summed E-state index contributed by atoms with van der Waals surface area (Å²) in [4.78, 5) is 28.9. The number of anilines is 1. The van der Waals surface area contributed by atoms with Crippen molar-refractivity contribution < 1.29 is 22.4 Å². The van der Waals surface area contributed by atoms with Crippen molar-refractivity contribution in [3.8, 4) is 0 Å². The summed E-state index contributed by atoms with van der Waals surface area (Å²) in [6.45, 7) is 3.90. The minimum Gasteiger partial charge on any atom is -0.354 e.